The highest BCUT2D eigenvalue weighted by Crippen LogP contribution is 2.30. The molecular formula is C14H21NO3. The van der Waals surface area contributed by atoms with Crippen LogP contribution in [-0.4, -0.2) is 40.2 Å². The Bertz CT molecular complexity index is 380. The third kappa shape index (κ3) is 2.60. The maximum Gasteiger partial charge on any atom is 0.170 e. The van der Waals surface area contributed by atoms with Crippen LogP contribution in [0.3, 0.4) is 0 Å². The van der Waals surface area contributed by atoms with Crippen molar-refractivity contribution >= 4 is 5.69 Å². The molecule has 0 aromatic heterocycles. The zero-order valence-corrected chi connectivity index (χ0v) is 11.3. The number of benzene rings is 1. The van der Waals surface area contributed by atoms with Crippen molar-refractivity contribution in [2.24, 2.45) is 0 Å². The molecule has 100 valence electrons. The first kappa shape index (κ1) is 13.2. The average molecular weight is 251 g/mol. The highest BCUT2D eigenvalue weighted by molar-refractivity contribution is 5.51. The SMILES string of the molecule is COc1cccc(N2CCC(OC)(OC)CC2)c1. The molecule has 1 aliphatic rings. The van der Waals surface area contributed by atoms with Gasteiger partial charge < -0.3 is 19.1 Å². The second-order valence-electron chi connectivity index (χ2n) is 4.51. The van der Waals surface area contributed by atoms with Crippen molar-refractivity contribution in [3.8, 4) is 5.75 Å². The molecule has 18 heavy (non-hydrogen) atoms. The van der Waals surface area contributed by atoms with Crippen molar-refractivity contribution < 1.29 is 14.2 Å². The van der Waals surface area contributed by atoms with Gasteiger partial charge in [-0.15, -0.1) is 0 Å². The fourth-order valence-corrected chi connectivity index (χ4v) is 2.40. The molecular weight excluding hydrogens is 230 g/mol. The van der Waals surface area contributed by atoms with E-state index >= 15 is 0 Å². The molecule has 1 aromatic carbocycles. The van der Waals surface area contributed by atoms with Gasteiger partial charge in [0.25, 0.3) is 0 Å². The Morgan fingerprint density at radius 1 is 1.06 bits per heavy atom. The van der Waals surface area contributed by atoms with Gasteiger partial charge in [0.1, 0.15) is 5.75 Å². The summed E-state index contributed by atoms with van der Waals surface area (Å²) in [6.45, 7) is 1.85. The summed E-state index contributed by atoms with van der Waals surface area (Å²) in [5, 5.41) is 0. The Hall–Kier alpha value is -1.26. The first-order valence-corrected chi connectivity index (χ1v) is 6.22. The molecule has 0 spiro atoms. The van der Waals surface area contributed by atoms with Gasteiger partial charge in [-0.25, -0.2) is 0 Å². The summed E-state index contributed by atoms with van der Waals surface area (Å²) < 4.78 is 16.2. The number of anilines is 1. The smallest absolute Gasteiger partial charge is 0.170 e. The van der Waals surface area contributed by atoms with Gasteiger partial charge in [-0.3, -0.25) is 0 Å². The van der Waals surface area contributed by atoms with Crippen LogP contribution >= 0.6 is 0 Å². The lowest BCUT2D eigenvalue weighted by molar-refractivity contribution is -0.216. The maximum absolute atomic E-state index is 5.48. The predicted octanol–water partition coefficient (Wildman–Crippen LogP) is 2.28. The molecule has 0 radical (unpaired) electrons. The Morgan fingerprint density at radius 3 is 2.28 bits per heavy atom. The van der Waals surface area contributed by atoms with Crippen LogP contribution in [0.25, 0.3) is 0 Å². The Labute approximate surface area is 108 Å². The van der Waals surface area contributed by atoms with Gasteiger partial charge in [0.05, 0.1) is 7.11 Å². The first-order valence-electron chi connectivity index (χ1n) is 6.22. The third-order valence-corrected chi connectivity index (χ3v) is 3.69. The van der Waals surface area contributed by atoms with Crippen LogP contribution in [0.5, 0.6) is 5.75 Å². The van der Waals surface area contributed by atoms with Crippen LogP contribution in [0.4, 0.5) is 5.69 Å². The lowest BCUT2D eigenvalue weighted by Crippen LogP contribution is -2.46. The second-order valence-corrected chi connectivity index (χ2v) is 4.51. The highest BCUT2D eigenvalue weighted by atomic mass is 16.7. The average Bonchev–Trinajstić information content (AvgIpc) is 2.47. The van der Waals surface area contributed by atoms with Crippen LogP contribution < -0.4 is 9.64 Å². The van der Waals surface area contributed by atoms with Gasteiger partial charge in [-0.2, -0.15) is 0 Å². The van der Waals surface area contributed by atoms with E-state index in [4.69, 9.17) is 14.2 Å². The van der Waals surface area contributed by atoms with Crippen molar-refractivity contribution in [2.45, 2.75) is 18.6 Å². The van der Waals surface area contributed by atoms with Gasteiger partial charge in [-0.1, -0.05) is 6.07 Å². The lowest BCUT2D eigenvalue weighted by atomic mass is 10.0. The molecule has 4 nitrogen and oxygen atoms in total. The molecule has 2 rings (SSSR count). The number of nitrogens with zero attached hydrogens (tertiary/aromatic N) is 1. The molecule has 0 saturated carbocycles. The number of hydrogen-bond acceptors (Lipinski definition) is 4. The van der Waals surface area contributed by atoms with Crippen LogP contribution in [-0.2, 0) is 9.47 Å². The van der Waals surface area contributed by atoms with Gasteiger partial charge in [0.2, 0.25) is 0 Å². The molecule has 0 atom stereocenters. The van der Waals surface area contributed by atoms with Crippen LogP contribution in [0.1, 0.15) is 12.8 Å². The quantitative estimate of drug-likeness (QED) is 0.768. The monoisotopic (exact) mass is 251 g/mol. The zero-order valence-electron chi connectivity index (χ0n) is 11.3. The summed E-state index contributed by atoms with van der Waals surface area (Å²) in [6, 6.07) is 8.15. The summed E-state index contributed by atoms with van der Waals surface area (Å²) in [4.78, 5) is 2.33. The van der Waals surface area contributed by atoms with Crippen molar-refractivity contribution in [1.29, 1.82) is 0 Å². The number of rotatable bonds is 4. The fourth-order valence-electron chi connectivity index (χ4n) is 2.40. The fraction of sp³-hybridized carbons (Fsp3) is 0.571. The van der Waals surface area contributed by atoms with E-state index < -0.39 is 5.79 Å². The lowest BCUT2D eigenvalue weighted by Gasteiger charge is -2.40. The molecule has 0 bridgehead atoms. The van der Waals surface area contributed by atoms with Crippen LogP contribution in [0.15, 0.2) is 24.3 Å². The molecule has 0 unspecified atom stereocenters. The summed E-state index contributed by atoms with van der Waals surface area (Å²) in [5.41, 5.74) is 1.19. The Kier molecular flexibility index (Phi) is 4.09. The summed E-state index contributed by atoms with van der Waals surface area (Å²) in [5.74, 6) is 0.484. The summed E-state index contributed by atoms with van der Waals surface area (Å²) in [6.07, 6.45) is 1.74. The Balaban J connectivity index is 2.04. The van der Waals surface area contributed by atoms with Crippen molar-refractivity contribution in [3.05, 3.63) is 24.3 Å². The zero-order chi connectivity index (χ0) is 13.0. The van der Waals surface area contributed by atoms with Crippen molar-refractivity contribution in [1.82, 2.24) is 0 Å². The van der Waals surface area contributed by atoms with E-state index in [9.17, 15) is 0 Å². The standard InChI is InChI=1S/C14H21NO3/c1-16-13-6-4-5-12(11-13)15-9-7-14(17-2,18-3)8-10-15/h4-6,11H,7-10H2,1-3H3. The van der Waals surface area contributed by atoms with Crippen molar-refractivity contribution in [3.63, 3.8) is 0 Å². The molecule has 1 aliphatic heterocycles. The Morgan fingerprint density at radius 2 is 1.72 bits per heavy atom. The number of methoxy groups -OCH3 is 3. The third-order valence-electron chi connectivity index (χ3n) is 3.69. The minimum Gasteiger partial charge on any atom is -0.497 e. The first-order chi connectivity index (χ1) is 8.73. The topological polar surface area (TPSA) is 30.9 Å². The van der Waals surface area contributed by atoms with Crippen LogP contribution in [0, 0.1) is 0 Å². The number of ether oxygens (including phenoxy) is 3. The minimum absolute atomic E-state index is 0.407. The molecule has 4 heteroatoms. The predicted molar refractivity (Wildman–Crippen MR) is 71.2 cm³/mol. The number of piperidine rings is 1. The molecule has 0 aliphatic carbocycles. The second kappa shape index (κ2) is 5.59. The van der Waals surface area contributed by atoms with Gasteiger partial charge in [0.15, 0.2) is 5.79 Å². The van der Waals surface area contributed by atoms with E-state index in [1.54, 1.807) is 21.3 Å². The molecule has 1 aromatic rings. The van der Waals surface area contributed by atoms with E-state index in [0.717, 1.165) is 31.7 Å². The molecule has 0 amide bonds. The van der Waals surface area contributed by atoms with Gasteiger partial charge in [0, 0.05) is 51.9 Å². The largest absolute Gasteiger partial charge is 0.497 e. The normalized spacial score (nSPS) is 18.7. The van der Waals surface area contributed by atoms with Gasteiger partial charge in [-0.05, 0) is 12.1 Å². The summed E-state index contributed by atoms with van der Waals surface area (Å²) in [7, 11) is 5.12. The van der Waals surface area contributed by atoms with E-state index in [1.165, 1.54) is 5.69 Å². The molecule has 0 N–H and O–H groups in total. The van der Waals surface area contributed by atoms with Gasteiger partial charge >= 0.3 is 0 Å². The van der Waals surface area contributed by atoms with Crippen LogP contribution in [0.2, 0.25) is 0 Å². The van der Waals surface area contributed by atoms with Crippen molar-refractivity contribution in [2.75, 3.05) is 39.3 Å². The summed E-state index contributed by atoms with van der Waals surface area (Å²) >= 11 is 0. The highest BCUT2D eigenvalue weighted by Gasteiger charge is 2.34. The molecule has 1 saturated heterocycles. The molecule has 1 heterocycles. The number of hydrogen-bond donors (Lipinski definition) is 0. The maximum atomic E-state index is 5.48. The molecule has 1 fully saturated rings. The minimum atomic E-state index is -0.407. The van der Waals surface area contributed by atoms with E-state index in [2.05, 4.69) is 17.0 Å². The van der Waals surface area contributed by atoms with E-state index in [-0.39, 0.29) is 0 Å². The van der Waals surface area contributed by atoms with E-state index in [0.29, 0.717) is 0 Å². The van der Waals surface area contributed by atoms with E-state index in [1.807, 2.05) is 12.1 Å².